The number of carbonyl (C=O) groups excluding carboxylic acids is 1. The van der Waals surface area contributed by atoms with Crippen molar-refractivity contribution in [1.29, 1.82) is 0 Å². The van der Waals surface area contributed by atoms with Crippen LogP contribution < -0.4 is 5.32 Å². The number of allylic oxidation sites excluding steroid dienone is 1. The maximum absolute atomic E-state index is 11.7. The Hall–Kier alpha value is -1.36. The molecule has 0 bridgehead atoms. The summed E-state index contributed by atoms with van der Waals surface area (Å²) in [6.45, 7) is 2.83. The van der Waals surface area contributed by atoms with Gasteiger partial charge in [0.05, 0.1) is 0 Å². The van der Waals surface area contributed by atoms with E-state index in [1.165, 1.54) is 38.5 Å². The minimum Gasteiger partial charge on any atom is -0.480 e. The zero-order valence-electron chi connectivity index (χ0n) is 16.4. The molecule has 1 atom stereocenters. The number of nitrogens with zero attached hydrogens (tertiary/aromatic N) is 1. The van der Waals surface area contributed by atoms with Crippen molar-refractivity contribution in [2.45, 2.75) is 83.6 Å². The first kappa shape index (κ1) is 23.6. The fourth-order valence-electron chi connectivity index (χ4n) is 2.75. The first-order valence-electron chi connectivity index (χ1n) is 9.82. The summed E-state index contributed by atoms with van der Waals surface area (Å²) in [6.07, 6.45) is 15.7. The summed E-state index contributed by atoms with van der Waals surface area (Å²) in [7, 11) is 3.55. The normalized spacial score (nSPS) is 12.6. The number of carboxylic acid groups (broad SMARTS) is 1. The summed E-state index contributed by atoms with van der Waals surface area (Å²) in [4.78, 5) is 24.4. The number of hydrogen-bond donors (Lipinski definition) is 2. The van der Waals surface area contributed by atoms with E-state index in [1.807, 2.05) is 6.08 Å². The van der Waals surface area contributed by atoms with E-state index in [1.54, 1.807) is 25.1 Å². The fraction of sp³-hybridized carbons (Fsp3) is 0.800. The van der Waals surface area contributed by atoms with E-state index in [0.29, 0.717) is 13.0 Å². The van der Waals surface area contributed by atoms with Crippen LogP contribution in [0.3, 0.4) is 0 Å². The van der Waals surface area contributed by atoms with E-state index in [9.17, 15) is 9.59 Å². The number of nitrogens with one attached hydrogen (secondary N) is 1. The van der Waals surface area contributed by atoms with E-state index >= 15 is 0 Å². The van der Waals surface area contributed by atoms with Gasteiger partial charge in [0, 0.05) is 6.54 Å². The minimum absolute atomic E-state index is 0.0506. The highest BCUT2D eigenvalue weighted by Crippen LogP contribution is 2.08. The van der Waals surface area contributed by atoms with Crippen LogP contribution in [0.4, 0.5) is 0 Å². The van der Waals surface area contributed by atoms with E-state index in [4.69, 9.17) is 5.11 Å². The molecule has 1 amide bonds. The van der Waals surface area contributed by atoms with E-state index in [0.717, 1.165) is 25.7 Å². The van der Waals surface area contributed by atoms with Gasteiger partial charge in [0.25, 0.3) is 0 Å². The second-order valence-electron chi connectivity index (χ2n) is 6.92. The third-order valence-electron chi connectivity index (χ3n) is 4.36. The van der Waals surface area contributed by atoms with Crippen LogP contribution in [0.2, 0.25) is 0 Å². The Morgan fingerprint density at radius 3 is 2.24 bits per heavy atom. The van der Waals surface area contributed by atoms with Crippen molar-refractivity contribution in [3.8, 4) is 0 Å². The molecule has 0 saturated heterocycles. The molecule has 0 rings (SSSR count). The molecule has 0 aliphatic heterocycles. The first-order chi connectivity index (χ1) is 12.0. The summed E-state index contributed by atoms with van der Waals surface area (Å²) in [5.74, 6) is -0.840. The lowest BCUT2D eigenvalue weighted by atomic mass is 10.1. The Balaban J connectivity index is 3.56. The lowest BCUT2D eigenvalue weighted by molar-refractivity contribution is -0.142. The van der Waals surface area contributed by atoms with Gasteiger partial charge in [0.2, 0.25) is 5.91 Å². The molecule has 146 valence electrons. The largest absolute Gasteiger partial charge is 0.480 e. The smallest absolute Gasteiger partial charge is 0.320 e. The van der Waals surface area contributed by atoms with Crippen LogP contribution in [0.15, 0.2) is 12.2 Å². The highest BCUT2D eigenvalue weighted by Gasteiger charge is 2.18. The summed E-state index contributed by atoms with van der Waals surface area (Å²) in [5.41, 5.74) is 0. The van der Waals surface area contributed by atoms with Gasteiger partial charge in [-0.15, -0.1) is 0 Å². The van der Waals surface area contributed by atoms with Crippen LogP contribution in [0.1, 0.15) is 77.6 Å². The molecular formula is C20H38N2O3. The summed E-state index contributed by atoms with van der Waals surface area (Å²) < 4.78 is 0. The summed E-state index contributed by atoms with van der Waals surface area (Å²) >= 11 is 0. The molecule has 0 aliphatic rings. The monoisotopic (exact) mass is 354 g/mol. The number of likely N-dealkylation sites (N-methyl/N-ethyl adjacent to an activating group) is 1. The van der Waals surface area contributed by atoms with Crippen LogP contribution in [-0.4, -0.2) is 48.6 Å². The van der Waals surface area contributed by atoms with Crippen LogP contribution >= 0.6 is 0 Å². The van der Waals surface area contributed by atoms with Gasteiger partial charge in [-0.25, -0.2) is 0 Å². The molecule has 0 aromatic carbocycles. The third kappa shape index (κ3) is 14.7. The molecule has 0 heterocycles. The van der Waals surface area contributed by atoms with Crippen molar-refractivity contribution in [3.05, 3.63) is 12.2 Å². The maximum atomic E-state index is 11.7. The Kier molecular flexibility index (Phi) is 15.2. The van der Waals surface area contributed by atoms with Gasteiger partial charge in [0.15, 0.2) is 0 Å². The zero-order valence-corrected chi connectivity index (χ0v) is 16.4. The number of aliphatic carboxylic acids is 1. The van der Waals surface area contributed by atoms with E-state index < -0.39 is 12.0 Å². The lowest BCUT2D eigenvalue weighted by Crippen LogP contribution is -2.35. The Labute approximate surface area is 153 Å². The van der Waals surface area contributed by atoms with E-state index in [2.05, 4.69) is 12.2 Å². The van der Waals surface area contributed by atoms with Gasteiger partial charge in [-0.2, -0.15) is 0 Å². The lowest BCUT2D eigenvalue weighted by Gasteiger charge is -2.19. The van der Waals surface area contributed by atoms with Crippen molar-refractivity contribution in [1.82, 2.24) is 10.2 Å². The average molecular weight is 355 g/mol. The number of amides is 1. The molecular weight excluding hydrogens is 316 g/mol. The molecule has 0 fully saturated rings. The minimum atomic E-state index is -0.790. The molecule has 5 nitrogen and oxygen atoms in total. The van der Waals surface area contributed by atoms with Crippen molar-refractivity contribution in [3.63, 3.8) is 0 Å². The zero-order chi connectivity index (χ0) is 18.9. The second-order valence-corrected chi connectivity index (χ2v) is 6.92. The maximum Gasteiger partial charge on any atom is 0.320 e. The number of hydrogen-bond acceptors (Lipinski definition) is 3. The molecule has 0 aliphatic carbocycles. The highest BCUT2D eigenvalue weighted by atomic mass is 16.4. The predicted molar refractivity (Wildman–Crippen MR) is 104 cm³/mol. The molecule has 0 unspecified atom stereocenters. The Bertz CT molecular complexity index is 381. The molecule has 0 spiro atoms. The van der Waals surface area contributed by atoms with Gasteiger partial charge in [0.1, 0.15) is 6.04 Å². The Morgan fingerprint density at radius 2 is 1.64 bits per heavy atom. The van der Waals surface area contributed by atoms with Gasteiger partial charge in [-0.3, -0.25) is 14.5 Å². The van der Waals surface area contributed by atoms with Crippen molar-refractivity contribution in [2.24, 2.45) is 0 Å². The third-order valence-corrected chi connectivity index (χ3v) is 4.36. The van der Waals surface area contributed by atoms with E-state index in [-0.39, 0.29) is 5.91 Å². The molecule has 0 radical (unpaired) electrons. The number of rotatable bonds is 16. The topological polar surface area (TPSA) is 69.6 Å². The van der Waals surface area contributed by atoms with Crippen molar-refractivity contribution < 1.29 is 14.7 Å². The van der Waals surface area contributed by atoms with Crippen LogP contribution in [-0.2, 0) is 9.59 Å². The summed E-state index contributed by atoms with van der Waals surface area (Å²) in [6, 6.07) is -0.447. The van der Waals surface area contributed by atoms with Crippen LogP contribution in [0.5, 0.6) is 0 Å². The summed E-state index contributed by atoms with van der Waals surface area (Å²) in [5, 5.41) is 11.9. The van der Waals surface area contributed by atoms with Gasteiger partial charge >= 0.3 is 5.97 Å². The standard InChI is InChI=1S/C20H38N2O3/c1-4-5-6-7-8-9-10-11-12-16-19(23)21-17-14-13-15-18(20(24)25)22(2)3/h12,16,18H,4-11,13-15,17H2,1-3H3,(H,21,23)(H,24,25)/b16-12+/t18-/m0/s1. The fourth-order valence-corrected chi connectivity index (χ4v) is 2.75. The van der Waals surface area contributed by atoms with Crippen molar-refractivity contribution >= 4 is 11.9 Å². The molecule has 0 saturated carbocycles. The number of carboxylic acids is 1. The van der Waals surface area contributed by atoms with Crippen molar-refractivity contribution in [2.75, 3.05) is 20.6 Å². The average Bonchev–Trinajstić information content (AvgIpc) is 2.55. The molecule has 0 aromatic rings. The van der Waals surface area contributed by atoms with Crippen LogP contribution in [0, 0.1) is 0 Å². The molecule has 0 aromatic heterocycles. The van der Waals surface area contributed by atoms with Gasteiger partial charge in [-0.05, 0) is 52.3 Å². The van der Waals surface area contributed by atoms with Gasteiger partial charge < -0.3 is 10.4 Å². The molecule has 2 N–H and O–H groups in total. The molecule has 5 heteroatoms. The number of carbonyl (C=O) groups is 2. The SMILES string of the molecule is CCCCCCCCC/C=C/C(=O)NCCCC[C@@H](C(=O)O)N(C)C. The number of unbranched alkanes of at least 4 members (excludes halogenated alkanes) is 8. The Morgan fingerprint density at radius 1 is 1.00 bits per heavy atom. The van der Waals surface area contributed by atoms with Crippen LogP contribution in [0.25, 0.3) is 0 Å². The quantitative estimate of drug-likeness (QED) is 0.325. The predicted octanol–water partition coefficient (Wildman–Crippen LogP) is 3.98. The molecule has 25 heavy (non-hydrogen) atoms. The highest BCUT2D eigenvalue weighted by molar-refractivity contribution is 5.87. The first-order valence-corrected chi connectivity index (χ1v) is 9.82. The second kappa shape index (κ2) is 16.1. The van der Waals surface area contributed by atoms with Gasteiger partial charge in [-0.1, -0.05) is 51.5 Å².